The minimum atomic E-state index is -0.424. The number of aliphatic hydroxyl groups excluding tert-OH is 1. The van der Waals surface area contributed by atoms with Gasteiger partial charge in [-0.15, -0.1) is 11.3 Å². The molecule has 0 aliphatic carbocycles. The third-order valence-electron chi connectivity index (χ3n) is 4.18. The maximum absolute atomic E-state index is 10.1. The van der Waals surface area contributed by atoms with Crippen molar-refractivity contribution in [2.75, 3.05) is 39.3 Å². The Bertz CT molecular complexity index is 571. The largest absolute Gasteiger partial charge is 0.389 e. The zero-order chi connectivity index (χ0) is 16.6. The van der Waals surface area contributed by atoms with E-state index in [0.29, 0.717) is 19.8 Å². The molecule has 3 heterocycles. The molecule has 0 spiro atoms. The second-order valence-electron chi connectivity index (χ2n) is 6.15. The predicted molar refractivity (Wildman–Crippen MR) is 95.9 cm³/mol. The minimum absolute atomic E-state index is 0.395. The minimum Gasteiger partial charge on any atom is -0.389 e. The molecule has 5 nitrogen and oxygen atoms in total. The molecule has 1 aliphatic heterocycles. The summed E-state index contributed by atoms with van der Waals surface area (Å²) in [6.07, 6.45) is 1.42. The summed E-state index contributed by atoms with van der Waals surface area (Å²) in [6.45, 7) is 6.56. The maximum atomic E-state index is 10.1. The van der Waals surface area contributed by atoms with Gasteiger partial charge in [0.15, 0.2) is 0 Å². The van der Waals surface area contributed by atoms with Gasteiger partial charge in [0.1, 0.15) is 0 Å². The number of pyridine rings is 1. The van der Waals surface area contributed by atoms with Gasteiger partial charge in [0.2, 0.25) is 0 Å². The maximum Gasteiger partial charge on any atom is 0.0900 e. The third-order valence-corrected chi connectivity index (χ3v) is 5.03. The highest BCUT2D eigenvalue weighted by Crippen LogP contribution is 2.10. The molecule has 0 bridgehead atoms. The van der Waals surface area contributed by atoms with Crippen LogP contribution in [-0.4, -0.2) is 65.3 Å². The Kier molecular flexibility index (Phi) is 6.75. The van der Waals surface area contributed by atoms with Crippen molar-refractivity contribution in [3.8, 4) is 0 Å². The van der Waals surface area contributed by atoms with E-state index in [4.69, 9.17) is 4.74 Å². The first-order chi connectivity index (χ1) is 11.8. The Balaban J connectivity index is 1.31. The average molecular weight is 347 g/mol. The lowest BCUT2D eigenvalue weighted by atomic mass is 10.2. The summed E-state index contributed by atoms with van der Waals surface area (Å²) in [4.78, 5) is 10.3. The molecule has 1 fully saturated rings. The molecule has 0 unspecified atom stereocenters. The van der Waals surface area contributed by atoms with Crippen molar-refractivity contribution < 1.29 is 9.84 Å². The Labute approximate surface area is 147 Å². The number of aromatic nitrogens is 1. The standard InChI is InChI=1S/C18H25N3O2S/c22-17(14-23-15-18-5-3-11-24-18)13-21-9-7-20(8-10-21)12-16-4-1-2-6-19-16/h1-6,11,17,22H,7-10,12-15H2/t17-/m1/s1. The van der Waals surface area contributed by atoms with Crippen LogP contribution in [0.4, 0.5) is 0 Å². The molecule has 0 aromatic carbocycles. The van der Waals surface area contributed by atoms with Crippen molar-refractivity contribution in [1.29, 1.82) is 0 Å². The number of aliphatic hydroxyl groups is 1. The first-order valence-electron chi connectivity index (χ1n) is 8.42. The molecule has 24 heavy (non-hydrogen) atoms. The van der Waals surface area contributed by atoms with Gasteiger partial charge in [0.25, 0.3) is 0 Å². The summed E-state index contributed by atoms with van der Waals surface area (Å²) < 4.78 is 5.60. The number of rotatable bonds is 8. The van der Waals surface area contributed by atoms with Gasteiger partial charge < -0.3 is 9.84 Å². The van der Waals surface area contributed by atoms with Crippen molar-refractivity contribution in [3.05, 3.63) is 52.5 Å². The summed E-state index contributed by atoms with van der Waals surface area (Å²) in [5.74, 6) is 0. The van der Waals surface area contributed by atoms with Gasteiger partial charge in [0.05, 0.1) is 25.0 Å². The molecule has 130 valence electrons. The Morgan fingerprint density at radius 2 is 1.96 bits per heavy atom. The van der Waals surface area contributed by atoms with Crippen LogP contribution >= 0.6 is 11.3 Å². The summed E-state index contributed by atoms with van der Waals surface area (Å²) in [6, 6.07) is 10.1. The highest BCUT2D eigenvalue weighted by molar-refractivity contribution is 7.09. The lowest BCUT2D eigenvalue weighted by Crippen LogP contribution is -2.48. The zero-order valence-electron chi connectivity index (χ0n) is 13.9. The molecule has 0 amide bonds. The summed E-state index contributed by atoms with van der Waals surface area (Å²) in [5.41, 5.74) is 1.12. The van der Waals surface area contributed by atoms with Gasteiger partial charge in [-0.1, -0.05) is 12.1 Å². The van der Waals surface area contributed by atoms with Crippen molar-refractivity contribution in [2.24, 2.45) is 0 Å². The van der Waals surface area contributed by atoms with E-state index in [2.05, 4.69) is 26.9 Å². The average Bonchev–Trinajstić information content (AvgIpc) is 3.11. The fourth-order valence-corrected chi connectivity index (χ4v) is 3.53. The number of hydrogen-bond acceptors (Lipinski definition) is 6. The van der Waals surface area contributed by atoms with E-state index in [9.17, 15) is 5.11 Å². The number of thiophene rings is 1. The molecule has 0 saturated carbocycles. The van der Waals surface area contributed by atoms with Crippen molar-refractivity contribution >= 4 is 11.3 Å². The molecule has 1 saturated heterocycles. The number of ether oxygens (including phenoxy) is 1. The second kappa shape index (κ2) is 9.25. The monoisotopic (exact) mass is 347 g/mol. The van der Waals surface area contributed by atoms with Gasteiger partial charge in [-0.2, -0.15) is 0 Å². The van der Waals surface area contributed by atoms with Gasteiger partial charge in [-0.25, -0.2) is 0 Å². The Morgan fingerprint density at radius 1 is 1.12 bits per heavy atom. The molecule has 0 radical (unpaired) electrons. The highest BCUT2D eigenvalue weighted by Gasteiger charge is 2.19. The van der Waals surface area contributed by atoms with Crippen LogP contribution in [-0.2, 0) is 17.9 Å². The van der Waals surface area contributed by atoms with Gasteiger partial charge in [0, 0.05) is 50.3 Å². The van der Waals surface area contributed by atoms with Crippen molar-refractivity contribution in [3.63, 3.8) is 0 Å². The van der Waals surface area contributed by atoms with Crippen LogP contribution in [0.3, 0.4) is 0 Å². The van der Waals surface area contributed by atoms with Crippen LogP contribution in [0.25, 0.3) is 0 Å². The van der Waals surface area contributed by atoms with Gasteiger partial charge in [-0.05, 0) is 23.6 Å². The van der Waals surface area contributed by atoms with Crippen LogP contribution in [0.15, 0.2) is 41.9 Å². The molecule has 6 heteroatoms. The van der Waals surface area contributed by atoms with E-state index in [1.165, 1.54) is 4.88 Å². The van der Waals surface area contributed by atoms with Crippen LogP contribution in [0, 0.1) is 0 Å². The van der Waals surface area contributed by atoms with Gasteiger partial charge >= 0.3 is 0 Å². The van der Waals surface area contributed by atoms with E-state index in [1.54, 1.807) is 11.3 Å². The van der Waals surface area contributed by atoms with Gasteiger partial charge in [-0.3, -0.25) is 14.8 Å². The second-order valence-corrected chi connectivity index (χ2v) is 7.18. The van der Waals surface area contributed by atoms with Crippen LogP contribution < -0.4 is 0 Å². The topological polar surface area (TPSA) is 48.8 Å². The Morgan fingerprint density at radius 3 is 2.67 bits per heavy atom. The number of nitrogens with zero attached hydrogens (tertiary/aromatic N) is 3. The number of hydrogen-bond donors (Lipinski definition) is 1. The van der Waals surface area contributed by atoms with Crippen molar-refractivity contribution in [1.82, 2.24) is 14.8 Å². The van der Waals surface area contributed by atoms with E-state index >= 15 is 0 Å². The molecule has 3 rings (SSSR count). The van der Waals surface area contributed by atoms with Crippen LogP contribution in [0.5, 0.6) is 0 Å². The first kappa shape index (κ1) is 17.5. The molecule has 1 N–H and O–H groups in total. The van der Waals surface area contributed by atoms with Crippen LogP contribution in [0.1, 0.15) is 10.6 Å². The summed E-state index contributed by atoms with van der Waals surface area (Å²) >= 11 is 1.68. The van der Waals surface area contributed by atoms with Crippen molar-refractivity contribution in [2.45, 2.75) is 19.3 Å². The molecule has 1 atom stereocenters. The highest BCUT2D eigenvalue weighted by atomic mass is 32.1. The fourth-order valence-electron chi connectivity index (χ4n) is 2.89. The SMILES string of the molecule is O[C@@H](COCc1cccs1)CN1CCN(Cc2ccccn2)CC1. The lowest BCUT2D eigenvalue weighted by Gasteiger charge is -2.35. The zero-order valence-corrected chi connectivity index (χ0v) is 14.7. The third kappa shape index (κ3) is 5.65. The quantitative estimate of drug-likeness (QED) is 0.790. The fraction of sp³-hybridized carbons (Fsp3) is 0.500. The number of β-amino-alcohol motifs (C(OH)–C–C–N with tert-alkyl or cyclic N) is 1. The normalized spacial score (nSPS) is 17.9. The van der Waals surface area contributed by atoms with Crippen LogP contribution in [0.2, 0.25) is 0 Å². The molecular formula is C18H25N3O2S. The molecule has 2 aromatic rings. The van der Waals surface area contributed by atoms with E-state index in [1.807, 2.05) is 29.8 Å². The van der Waals surface area contributed by atoms with E-state index in [0.717, 1.165) is 38.4 Å². The number of piperazine rings is 1. The van der Waals surface area contributed by atoms with E-state index in [-0.39, 0.29) is 0 Å². The molecule has 1 aliphatic rings. The molecule has 2 aromatic heterocycles. The Hall–Kier alpha value is -1.31. The summed E-state index contributed by atoms with van der Waals surface area (Å²) in [5, 5.41) is 12.2. The first-order valence-corrected chi connectivity index (χ1v) is 9.30. The predicted octanol–water partition coefficient (Wildman–Crippen LogP) is 1.84. The lowest BCUT2D eigenvalue weighted by molar-refractivity contribution is 0.00145. The smallest absolute Gasteiger partial charge is 0.0900 e. The summed E-state index contributed by atoms with van der Waals surface area (Å²) in [7, 11) is 0. The van der Waals surface area contributed by atoms with E-state index < -0.39 is 6.10 Å². The molecular weight excluding hydrogens is 322 g/mol.